The Morgan fingerprint density at radius 3 is 2.29 bits per heavy atom. The number of hydrogen-bond donors (Lipinski definition) is 0. The van der Waals surface area contributed by atoms with Crippen molar-refractivity contribution < 1.29 is 9.53 Å². The quantitative estimate of drug-likeness (QED) is 0.688. The lowest BCUT2D eigenvalue weighted by atomic mass is 10.0. The monoisotopic (exact) mass is 192 g/mol. The minimum atomic E-state index is -0.247. The lowest BCUT2D eigenvalue weighted by molar-refractivity contribution is 0.0526. The Balaban J connectivity index is 2.78. The van der Waals surface area contributed by atoms with Crippen molar-refractivity contribution in [2.24, 2.45) is 0 Å². The lowest BCUT2D eigenvalue weighted by Crippen LogP contribution is -2.04. The van der Waals surface area contributed by atoms with E-state index in [9.17, 15) is 4.79 Å². The molecule has 0 aromatic heterocycles. The van der Waals surface area contributed by atoms with E-state index in [0.29, 0.717) is 18.1 Å². The van der Waals surface area contributed by atoms with Crippen LogP contribution >= 0.6 is 0 Å². The third-order valence-corrected chi connectivity index (χ3v) is 2.09. The summed E-state index contributed by atoms with van der Waals surface area (Å²) < 4.78 is 4.89. The molecular formula is C12H16O2. The highest BCUT2D eigenvalue weighted by Gasteiger charge is 2.06. The molecule has 0 spiro atoms. The number of hydrogen-bond acceptors (Lipinski definition) is 2. The van der Waals surface area contributed by atoms with Gasteiger partial charge in [-0.05, 0) is 30.5 Å². The molecule has 0 fully saturated rings. The second kappa shape index (κ2) is 4.80. The molecule has 0 saturated heterocycles. The molecule has 0 N–H and O–H groups in total. The molecule has 0 amide bonds. The van der Waals surface area contributed by atoms with E-state index in [-0.39, 0.29) is 5.97 Å². The van der Waals surface area contributed by atoms with Crippen molar-refractivity contribution in [3.63, 3.8) is 0 Å². The Morgan fingerprint density at radius 1 is 1.29 bits per heavy atom. The maximum absolute atomic E-state index is 11.3. The smallest absolute Gasteiger partial charge is 0.338 e. The summed E-state index contributed by atoms with van der Waals surface area (Å²) in [4.78, 5) is 11.3. The summed E-state index contributed by atoms with van der Waals surface area (Å²) in [6.45, 7) is 6.48. The van der Waals surface area contributed by atoms with Gasteiger partial charge in [0.25, 0.3) is 0 Å². The molecule has 0 bridgehead atoms. The molecule has 2 heteroatoms. The van der Waals surface area contributed by atoms with Crippen LogP contribution in [0.25, 0.3) is 0 Å². The first kappa shape index (κ1) is 10.8. The molecule has 0 unspecified atom stereocenters. The zero-order valence-electron chi connectivity index (χ0n) is 8.91. The number of esters is 1. The topological polar surface area (TPSA) is 26.3 Å². The summed E-state index contributed by atoms with van der Waals surface area (Å²) in [5, 5.41) is 0. The number of rotatable bonds is 3. The number of benzene rings is 1. The standard InChI is InChI=1S/C12H16O2/c1-4-14-12(13)11-7-5-10(6-8-11)9(2)3/h5-9H,4H2,1-3H3. The van der Waals surface area contributed by atoms with Gasteiger partial charge in [-0.25, -0.2) is 4.79 Å². The Labute approximate surface area is 84.9 Å². The van der Waals surface area contributed by atoms with Gasteiger partial charge in [0.1, 0.15) is 0 Å². The van der Waals surface area contributed by atoms with Gasteiger partial charge in [0.15, 0.2) is 0 Å². The Kier molecular flexibility index (Phi) is 3.69. The van der Waals surface area contributed by atoms with Gasteiger partial charge >= 0.3 is 5.97 Å². The zero-order valence-corrected chi connectivity index (χ0v) is 8.91. The first-order valence-corrected chi connectivity index (χ1v) is 4.92. The van der Waals surface area contributed by atoms with Crippen LogP contribution in [0.2, 0.25) is 0 Å². The van der Waals surface area contributed by atoms with E-state index in [1.54, 1.807) is 6.92 Å². The Morgan fingerprint density at radius 2 is 1.86 bits per heavy atom. The number of carbonyl (C=O) groups is 1. The summed E-state index contributed by atoms with van der Waals surface area (Å²) in [6.07, 6.45) is 0. The Bertz CT molecular complexity index is 299. The molecule has 0 aliphatic rings. The summed E-state index contributed by atoms with van der Waals surface area (Å²) in [6, 6.07) is 7.56. The molecule has 1 rings (SSSR count). The van der Waals surface area contributed by atoms with Gasteiger partial charge in [0.05, 0.1) is 12.2 Å². The molecule has 1 aromatic rings. The van der Waals surface area contributed by atoms with Crippen LogP contribution in [0.4, 0.5) is 0 Å². The first-order chi connectivity index (χ1) is 6.65. The SMILES string of the molecule is CCOC(=O)c1ccc(C(C)C)cc1. The second-order valence-electron chi connectivity index (χ2n) is 3.50. The van der Waals surface area contributed by atoms with Crippen LogP contribution in [-0.2, 0) is 4.74 Å². The molecular weight excluding hydrogens is 176 g/mol. The van der Waals surface area contributed by atoms with Crippen molar-refractivity contribution in [1.82, 2.24) is 0 Å². The summed E-state index contributed by atoms with van der Waals surface area (Å²) in [5.41, 5.74) is 1.86. The van der Waals surface area contributed by atoms with Gasteiger partial charge < -0.3 is 4.74 Å². The Hall–Kier alpha value is -1.31. The van der Waals surface area contributed by atoms with Crippen LogP contribution < -0.4 is 0 Å². The van der Waals surface area contributed by atoms with Gasteiger partial charge in [0, 0.05) is 0 Å². The predicted octanol–water partition coefficient (Wildman–Crippen LogP) is 2.99. The van der Waals surface area contributed by atoms with E-state index < -0.39 is 0 Å². The molecule has 76 valence electrons. The van der Waals surface area contributed by atoms with Crippen molar-refractivity contribution in [1.29, 1.82) is 0 Å². The molecule has 2 nitrogen and oxygen atoms in total. The van der Waals surface area contributed by atoms with E-state index in [1.807, 2.05) is 24.3 Å². The third kappa shape index (κ3) is 2.59. The fourth-order valence-corrected chi connectivity index (χ4v) is 1.22. The maximum atomic E-state index is 11.3. The molecule has 14 heavy (non-hydrogen) atoms. The summed E-state index contributed by atoms with van der Waals surface area (Å²) >= 11 is 0. The highest BCUT2D eigenvalue weighted by atomic mass is 16.5. The van der Waals surface area contributed by atoms with Crippen LogP contribution in [0.1, 0.15) is 42.6 Å². The van der Waals surface area contributed by atoms with Crippen molar-refractivity contribution in [2.75, 3.05) is 6.61 Å². The van der Waals surface area contributed by atoms with E-state index in [2.05, 4.69) is 13.8 Å². The van der Waals surface area contributed by atoms with Gasteiger partial charge in [0.2, 0.25) is 0 Å². The fraction of sp³-hybridized carbons (Fsp3) is 0.417. The summed E-state index contributed by atoms with van der Waals surface area (Å²) in [7, 11) is 0. The van der Waals surface area contributed by atoms with Gasteiger partial charge in [-0.3, -0.25) is 0 Å². The van der Waals surface area contributed by atoms with Gasteiger partial charge in [-0.15, -0.1) is 0 Å². The average molecular weight is 192 g/mol. The maximum Gasteiger partial charge on any atom is 0.338 e. The first-order valence-electron chi connectivity index (χ1n) is 4.92. The molecule has 1 aromatic carbocycles. The predicted molar refractivity (Wildman–Crippen MR) is 56.5 cm³/mol. The molecule has 0 atom stereocenters. The van der Waals surface area contributed by atoms with Crippen LogP contribution in [0.15, 0.2) is 24.3 Å². The lowest BCUT2D eigenvalue weighted by Gasteiger charge is -2.06. The van der Waals surface area contributed by atoms with Crippen molar-refractivity contribution in [3.8, 4) is 0 Å². The average Bonchev–Trinajstić information content (AvgIpc) is 2.18. The van der Waals surface area contributed by atoms with E-state index in [4.69, 9.17) is 4.74 Å². The third-order valence-electron chi connectivity index (χ3n) is 2.09. The highest BCUT2D eigenvalue weighted by molar-refractivity contribution is 5.89. The van der Waals surface area contributed by atoms with Crippen LogP contribution in [-0.4, -0.2) is 12.6 Å². The van der Waals surface area contributed by atoms with Crippen LogP contribution in [0.5, 0.6) is 0 Å². The second-order valence-corrected chi connectivity index (χ2v) is 3.50. The molecule has 0 radical (unpaired) electrons. The number of carbonyl (C=O) groups excluding carboxylic acids is 1. The minimum Gasteiger partial charge on any atom is -0.462 e. The van der Waals surface area contributed by atoms with Gasteiger partial charge in [-0.2, -0.15) is 0 Å². The van der Waals surface area contributed by atoms with E-state index in [0.717, 1.165) is 0 Å². The molecule has 0 saturated carbocycles. The highest BCUT2D eigenvalue weighted by Crippen LogP contribution is 2.14. The van der Waals surface area contributed by atoms with E-state index >= 15 is 0 Å². The van der Waals surface area contributed by atoms with Crippen molar-refractivity contribution in [2.45, 2.75) is 26.7 Å². The molecule has 0 aliphatic carbocycles. The normalized spacial score (nSPS) is 10.3. The van der Waals surface area contributed by atoms with Gasteiger partial charge in [-0.1, -0.05) is 26.0 Å². The summed E-state index contributed by atoms with van der Waals surface area (Å²) in [5.74, 6) is 0.244. The minimum absolute atomic E-state index is 0.247. The van der Waals surface area contributed by atoms with Crippen molar-refractivity contribution in [3.05, 3.63) is 35.4 Å². The van der Waals surface area contributed by atoms with Crippen molar-refractivity contribution >= 4 is 5.97 Å². The largest absolute Gasteiger partial charge is 0.462 e. The molecule has 0 aliphatic heterocycles. The zero-order chi connectivity index (χ0) is 10.6. The molecule has 0 heterocycles. The number of ether oxygens (including phenoxy) is 1. The van der Waals surface area contributed by atoms with Crippen LogP contribution in [0.3, 0.4) is 0 Å². The van der Waals surface area contributed by atoms with Crippen LogP contribution in [0, 0.1) is 0 Å². The fourth-order valence-electron chi connectivity index (χ4n) is 1.22. The van der Waals surface area contributed by atoms with E-state index in [1.165, 1.54) is 5.56 Å².